The van der Waals surface area contributed by atoms with Crippen molar-refractivity contribution in [2.75, 3.05) is 16.9 Å². The highest BCUT2D eigenvalue weighted by molar-refractivity contribution is 7.99. The number of carbonyl (C=O) groups is 1. The van der Waals surface area contributed by atoms with Crippen molar-refractivity contribution < 1.29 is 9.90 Å². The van der Waals surface area contributed by atoms with Gasteiger partial charge in [0.25, 0.3) is 0 Å². The van der Waals surface area contributed by atoms with Crippen LogP contribution in [0.25, 0.3) is 0 Å². The summed E-state index contributed by atoms with van der Waals surface area (Å²) in [6.07, 6.45) is 0.876. The second-order valence-electron chi connectivity index (χ2n) is 3.97. The van der Waals surface area contributed by atoms with Gasteiger partial charge in [-0.05, 0) is 24.1 Å². The molecule has 6 heteroatoms. The number of aromatic hydroxyl groups is 1. The minimum Gasteiger partial charge on any atom is -0.506 e. The van der Waals surface area contributed by atoms with Gasteiger partial charge in [0, 0.05) is 11.6 Å². The Hall–Kier alpha value is -0.910. The van der Waals surface area contributed by atoms with E-state index >= 15 is 0 Å². The van der Waals surface area contributed by atoms with Gasteiger partial charge in [-0.3, -0.25) is 10.1 Å². The number of phenols is 1. The zero-order valence-electron chi connectivity index (χ0n) is 10.1. The van der Waals surface area contributed by atoms with E-state index in [0.29, 0.717) is 5.69 Å². The highest BCUT2D eigenvalue weighted by atomic mass is 35.5. The van der Waals surface area contributed by atoms with Crippen molar-refractivity contribution in [3.05, 3.63) is 23.8 Å². The molecule has 100 valence electrons. The second kappa shape index (κ2) is 6.87. The van der Waals surface area contributed by atoms with Crippen LogP contribution in [-0.2, 0) is 11.2 Å². The molecule has 0 aromatic heterocycles. The van der Waals surface area contributed by atoms with E-state index in [2.05, 4.69) is 10.6 Å². The minimum absolute atomic E-state index is 0. The quantitative estimate of drug-likeness (QED) is 0.744. The number of benzene rings is 1. The van der Waals surface area contributed by atoms with E-state index in [-0.39, 0.29) is 30.1 Å². The zero-order chi connectivity index (χ0) is 12.3. The molecule has 2 rings (SSSR count). The first-order valence-electron chi connectivity index (χ1n) is 5.64. The van der Waals surface area contributed by atoms with Gasteiger partial charge in [-0.15, -0.1) is 24.2 Å². The Kier molecular flexibility index (Phi) is 5.78. The number of carbonyl (C=O) groups excluding carboxylic acids is 1. The van der Waals surface area contributed by atoms with Gasteiger partial charge in [0.1, 0.15) is 5.75 Å². The number of aryl methyl sites for hydroxylation is 1. The second-order valence-corrected chi connectivity index (χ2v) is 5.00. The minimum atomic E-state index is -0.162. The van der Waals surface area contributed by atoms with Crippen molar-refractivity contribution in [2.45, 2.75) is 19.4 Å². The third-order valence-corrected chi connectivity index (χ3v) is 3.70. The number of rotatable bonds is 3. The van der Waals surface area contributed by atoms with Gasteiger partial charge in [-0.1, -0.05) is 13.0 Å². The fourth-order valence-corrected chi connectivity index (χ4v) is 2.63. The van der Waals surface area contributed by atoms with Gasteiger partial charge >= 0.3 is 0 Å². The fraction of sp³-hybridized carbons (Fsp3) is 0.417. The van der Waals surface area contributed by atoms with E-state index in [1.54, 1.807) is 17.8 Å². The van der Waals surface area contributed by atoms with Crippen molar-refractivity contribution in [3.8, 4) is 5.75 Å². The summed E-state index contributed by atoms with van der Waals surface area (Å²) in [7, 11) is 0. The van der Waals surface area contributed by atoms with Gasteiger partial charge < -0.3 is 10.4 Å². The van der Waals surface area contributed by atoms with E-state index in [9.17, 15) is 9.90 Å². The molecule has 1 aromatic carbocycles. The van der Waals surface area contributed by atoms with E-state index in [0.717, 1.165) is 23.6 Å². The maximum Gasteiger partial charge on any atom is 0.242 e. The van der Waals surface area contributed by atoms with Gasteiger partial charge in [-0.25, -0.2) is 0 Å². The van der Waals surface area contributed by atoms with Crippen molar-refractivity contribution in [2.24, 2.45) is 0 Å². The van der Waals surface area contributed by atoms with Crippen molar-refractivity contribution >= 4 is 35.8 Å². The molecule has 1 amide bonds. The van der Waals surface area contributed by atoms with Crippen LogP contribution in [0.3, 0.4) is 0 Å². The summed E-state index contributed by atoms with van der Waals surface area (Å²) in [6.45, 7) is 2.03. The third-order valence-electron chi connectivity index (χ3n) is 2.76. The lowest BCUT2D eigenvalue weighted by atomic mass is 10.1. The Labute approximate surface area is 117 Å². The number of phenolic OH excluding ortho intramolecular Hbond substituents is 1. The molecule has 1 fully saturated rings. The number of amides is 1. The standard InChI is InChI=1S/C12H16N2O2S.ClH/c1-2-8-3-4-11(15)9(5-8)14-12(16)10-6-17-7-13-10;/h3-5,10,13,15H,2,6-7H2,1H3,(H,14,16);1H. The summed E-state index contributed by atoms with van der Waals surface area (Å²) in [5.74, 6) is 1.61. The molecule has 0 spiro atoms. The number of hydrogen-bond acceptors (Lipinski definition) is 4. The molecule has 0 radical (unpaired) electrons. The van der Waals surface area contributed by atoms with Gasteiger partial charge in [0.15, 0.2) is 0 Å². The lowest BCUT2D eigenvalue weighted by molar-refractivity contribution is -0.117. The van der Waals surface area contributed by atoms with E-state index in [1.165, 1.54) is 0 Å². The molecule has 3 N–H and O–H groups in total. The summed E-state index contributed by atoms with van der Waals surface area (Å²) in [4.78, 5) is 11.9. The van der Waals surface area contributed by atoms with E-state index in [4.69, 9.17) is 0 Å². The molecule has 1 aliphatic heterocycles. The van der Waals surface area contributed by atoms with Gasteiger partial charge in [0.2, 0.25) is 5.91 Å². The first kappa shape index (κ1) is 15.1. The molecule has 18 heavy (non-hydrogen) atoms. The van der Waals surface area contributed by atoms with Gasteiger partial charge in [-0.2, -0.15) is 0 Å². The molecule has 1 aliphatic rings. The number of thioether (sulfide) groups is 1. The Bertz CT molecular complexity index is 423. The molecular formula is C12H17ClN2O2S. The predicted molar refractivity (Wildman–Crippen MR) is 77.6 cm³/mol. The normalized spacial score (nSPS) is 18.2. The average Bonchev–Trinajstić information content (AvgIpc) is 2.85. The maximum atomic E-state index is 11.9. The fourth-order valence-electron chi connectivity index (χ4n) is 1.69. The topological polar surface area (TPSA) is 61.4 Å². The average molecular weight is 289 g/mol. The molecule has 1 saturated heterocycles. The van der Waals surface area contributed by atoms with Crippen LogP contribution in [-0.4, -0.2) is 28.7 Å². The van der Waals surface area contributed by atoms with Crippen molar-refractivity contribution in [1.29, 1.82) is 0 Å². The van der Waals surface area contributed by atoms with Crippen LogP contribution in [0.5, 0.6) is 5.75 Å². The lowest BCUT2D eigenvalue weighted by Crippen LogP contribution is -2.37. The van der Waals surface area contributed by atoms with Crippen LogP contribution in [0.2, 0.25) is 0 Å². The molecule has 1 unspecified atom stereocenters. The van der Waals surface area contributed by atoms with Gasteiger partial charge in [0.05, 0.1) is 11.7 Å². The van der Waals surface area contributed by atoms with E-state index < -0.39 is 0 Å². The van der Waals surface area contributed by atoms with Crippen molar-refractivity contribution in [1.82, 2.24) is 5.32 Å². The van der Waals surface area contributed by atoms with Crippen LogP contribution in [0, 0.1) is 0 Å². The Morgan fingerprint density at radius 2 is 2.39 bits per heavy atom. The van der Waals surface area contributed by atoms with Crippen LogP contribution in [0.1, 0.15) is 12.5 Å². The molecular weight excluding hydrogens is 272 g/mol. The highest BCUT2D eigenvalue weighted by Gasteiger charge is 2.23. The molecule has 0 aliphatic carbocycles. The largest absolute Gasteiger partial charge is 0.506 e. The number of anilines is 1. The number of hydrogen-bond donors (Lipinski definition) is 3. The highest BCUT2D eigenvalue weighted by Crippen LogP contribution is 2.25. The SMILES string of the molecule is CCc1ccc(O)c(NC(=O)C2CSCN2)c1.Cl. The summed E-state index contributed by atoms with van der Waals surface area (Å²) in [5.41, 5.74) is 1.58. The van der Waals surface area contributed by atoms with E-state index in [1.807, 2.05) is 19.1 Å². The Morgan fingerprint density at radius 3 is 3.00 bits per heavy atom. The third kappa shape index (κ3) is 3.54. The molecule has 0 saturated carbocycles. The molecule has 1 atom stereocenters. The van der Waals surface area contributed by atoms with Crippen LogP contribution < -0.4 is 10.6 Å². The Morgan fingerprint density at radius 1 is 1.61 bits per heavy atom. The zero-order valence-corrected chi connectivity index (χ0v) is 11.7. The maximum absolute atomic E-state index is 11.9. The van der Waals surface area contributed by atoms with Crippen LogP contribution >= 0.6 is 24.2 Å². The van der Waals surface area contributed by atoms with Crippen molar-refractivity contribution in [3.63, 3.8) is 0 Å². The number of halogens is 1. The first-order valence-corrected chi connectivity index (χ1v) is 6.80. The first-order chi connectivity index (χ1) is 8.20. The molecule has 4 nitrogen and oxygen atoms in total. The predicted octanol–water partition coefficient (Wildman–Crippen LogP) is 1.98. The summed E-state index contributed by atoms with van der Waals surface area (Å²) in [6, 6.07) is 5.12. The number of nitrogens with one attached hydrogen (secondary N) is 2. The summed E-state index contributed by atoms with van der Waals surface area (Å²) < 4.78 is 0. The summed E-state index contributed by atoms with van der Waals surface area (Å²) in [5, 5.41) is 15.5. The molecule has 0 bridgehead atoms. The smallest absolute Gasteiger partial charge is 0.242 e. The molecule has 1 heterocycles. The Balaban J connectivity index is 0.00000162. The van der Waals surface area contributed by atoms with Crippen LogP contribution in [0.4, 0.5) is 5.69 Å². The van der Waals surface area contributed by atoms with Crippen LogP contribution in [0.15, 0.2) is 18.2 Å². The monoisotopic (exact) mass is 288 g/mol. The lowest BCUT2D eigenvalue weighted by Gasteiger charge is -2.12. The molecule has 1 aromatic rings. The summed E-state index contributed by atoms with van der Waals surface area (Å²) >= 11 is 1.70.